The van der Waals surface area contributed by atoms with Gasteiger partial charge in [-0.25, -0.2) is 9.78 Å². The number of aromatic nitrogens is 2. The summed E-state index contributed by atoms with van der Waals surface area (Å²) < 4.78 is 7.14. The molecule has 0 aliphatic carbocycles. The van der Waals surface area contributed by atoms with Crippen molar-refractivity contribution >= 4 is 6.03 Å². The quantitative estimate of drug-likeness (QED) is 0.673. The van der Waals surface area contributed by atoms with Crippen molar-refractivity contribution in [3.8, 4) is 5.69 Å². The Morgan fingerprint density at radius 3 is 2.56 bits per heavy atom. The third-order valence-corrected chi connectivity index (χ3v) is 4.40. The van der Waals surface area contributed by atoms with Crippen LogP contribution in [0.2, 0.25) is 0 Å². The summed E-state index contributed by atoms with van der Waals surface area (Å²) in [5, 5.41) is 5.89. The maximum absolute atomic E-state index is 12.3. The van der Waals surface area contributed by atoms with E-state index in [1.54, 1.807) is 19.6 Å². The molecule has 1 aromatic heterocycles. The Balaban J connectivity index is 1.55. The van der Waals surface area contributed by atoms with Crippen LogP contribution in [0.5, 0.6) is 0 Å². The standard InChI is InChI=1S/C21H24N4O2/c1-16(17-7-9-20(10-8-17)25-12-11-22-15-25)24-21(26)23-13-18-5-3-4-6-19(18)14-27-2/h3-12,15-16H,13-14H2,1-2H3,(H2,23,24,26)/t16-/m1/s1. The Morgan fingerprint density at radius 1 is 1.15 bits per heavy atom. The molecule has 0 radical (unpaired) electrons. The van der Waals surface area contributed by atoms with Gasteiger partial charge in [-0.3, -0.25) is 0 Å². The Morgan fingerprint density at radius 2 is 1.89 bits per heavy atom. The summed E-state index contributed by atoms with van der Waals surface area (Å²) in [5.41, 5.74) is 4.19. The molecule has 0 spiro atoms. The Labute approximate surface area is 159 Å². The van der Waals surface area contributed by atoms with E-state index in [4.69, 9.17) is 4.74 Å². The molecular formula is C21H24N4O2. The summed E-state index contributed by atoms with van der Waals surface area (Å²) in [6, 6.07) is 15.6. The number of methoxy groups -OCH3 is 1. The van der Waals surface area contributed by atoms with Crippen LogP contribution >= 0.6 is 0 Å². The van der Waals surface area contributed by atoms with Crippen LogP contribution in [0.3, 0.4) is 0 Å². The number of carbonyl (C=O) groups excluding carboxylic acids is 1. The number of benzene rings is 2. The fourth-order valence-electron chi connectivity index (χ4n) is 2.88. The largest absolute Gasteiger partial charge is 0.380 e. The van der Waals surface area contributed by atoms with Crippen molar-refractivity contribution in [3.05, 3.63) is 83.9 Å². The van der Waals surface area contributed by atoms with Crippen molar-refractivity contribution in [1.29, 1.82) is 0 Å². The lowest BCUT2D eigenvalue weighted by atomic mass is 10.1. The molecule has 3 aromatic rings. The second kappa shape index (κ2) is 9.00. The average Bonchev–Trinajstić information content (AvgIpc) is 3.22. The Hall–Kier alpha value is -3.12. The van der Waals surface area contributed by atoms with Crippen molar-refractivity contribution in [2.24, 2.45) is 0 Å². The number of ether oxygens (including phenoxy) is 1. The lowest BCUT2D eigenvalue weighted by Crippen LogP contribution is -2.36. The lowest BCUT2D eigenvalue weighted by Gasteiger charge is -2.16. The number of amides is 2. The van der Waals surface area contributed by atoms with Crippen LogP contribution in [-0.2, 0) is 17.9 Å². The minimum Gasteiger partial charge on any atom is -0.380 e. The molecule has 2 N–H and O–H groups in total. The van der Waals surface area contributed by atoms with Crippen LogP contribution in [-0.4, -0.2) is 22.7 Å². The highest BCUT2D eigenvalue weighted by atomic mass is 16.5. The third-order valence-electron chi connectivity index (χ3n) is 4.40. The SMILES string of the molecule is COCc1ccccc1CNC(=O)N[C@H](C)c1ccc(-n2ccnc2)cc1. The van der Waals surface area contributed by atoms with Gasteiger partial charge >= 0.3 is 6.03 Å². The van der Waals surface area contributed by atoms with Crippen LogP contribution in [0, 0.1) is 0 Å². The monoisotopic (exact) mass is 364 g/mol. The van der Waals surface area contributed by atoms with E-state index < -0.39 is 0 Å². The summed E-state index contributed by atoms with van der Waals surface area (Å²) in [6.07, 6.45) is 5.39. The number of nitrogens with one attached hydrogen (secondary N) is 2. The van der Waals surface area contributed by atoms with Gasteiger partial charge in [-0.15, -0.1) is 0 Å². The predicted octanol–water partition coefficient (Wildman–Crippen LogP) is 3.58. The summed E-state index contributed by atoms with van der Waals surface area (Å²) in [7, 11) is 1.66. The molecule has 0 unspecified atom stereocenters. The molecule has 0 aliphatic rings. The van der Waals surface area contributed by atoms with Crippen molar-refractivity contribution in [3.63, 3.8) is 0 Å². The van der Waals surface area contributed by atoms with Crippen LogP contribution < -0.4 is 10.6 Å². The van der Waals surface area contributed by atoms with Gasteiger partial charge in [0.25, 0.3) is 0 Å². The summed E-state index contributed by atoms with van der Waals surface area (Å²) in [4.78, 5) is 16.3. The van der Waals surface area contributed by atoms with Crippen LogP contribution in [0.15, 0.2) is 67.3 Å². The van der Waals surface area contributed by atoms with E-state index in [0.717, 1.165) is 22.4 Å². The van der Waals surface area contributed by atoms with Crippen molar-refractivity contribution in [2.45, 2.75) is 26.1 Å². The van der Waals surface area contributed by atoms with Crippen LogP contribution in [0.25, 0.3) is 5.69 Å². The highest BCUT2D eigenvalue weighted by Gasteiger charge is 2.10. The van der Waals surface area contributed by atoms with E-state index in [1.165, 1.54) is 0 Å². The van der Waals surface area contributed by atoms with Crippen molar-refractivity contribution in [1.82, 2.24) is 20.2 Å². The average molecular weight is 364 g/mol. The normalized spacial score (nSPS) is 11.8. The lowest BCUT2D eigenvalue weighted by molar-refractivity contribution is 0.184. The van der Waals surface area contributed by atoms with E-state index in [2.05, 4.69) is 15.6 Å². The summed E-state index contributed by atoms with van der Waals surface area (Å²) in [6.45, 7) is 2.95. The summed E-state index contributed by atoms with van der Waals surface area (Å²) >= 11 is 0. The molecule has 1 heterocycles. The van der Waals surface area contributed by atoms with E-state index in [-0.39, 0.29) is 12.1 Å². The third kappa shape index (κ3) is 4.95. The number of hydrogen-bond acceptors (Lipinski definition) is 3. The highest BCUT2D eigenvalue weighted by molar-refractivity contribution is 5.74. The molecule has 2 amide bonds. The molecule has 3 rings (SSSR count). The molecule has 140 valence electrons. The van der Waals surface area contributed by atoms with Gasteiger partial charge in [0.05, 0.1) is 19.0 Å². The summed E-state index contributed by atoms with van der Waals surface area (Å²) in [5.74, 6) is 0. The topological polar surface area (TPSA) is 68.2 Å². The highest BCUT2D eigenvalue weighted by Crippen LogP contribution is 2.16. The van der Waals surface area contributed by atoms with Gasteiger partial charge in [0.2, 0.25) is 0 Å². The molecule has 0 aliphatic heterocycles. The maximum atomic E-state index is 12.3. The first kappa shape index (κ1) is 18.7. The van der Waals surface area contributed by atoms with E-state index in [1.807, 2.05) is 66.2 Å². The fourth-order valence-corrected chi connectivity index (χ4v) is 2.88. The van der Waals surface area contributed by atoms with Gasteiger partial charge in [-0.05, 0) is 35.7 Å². The molecule has 1 atom stereocenters. The first-order valence-corrected chi connectivity index (χ1v) is 8.85. The number of rotatable bonds is 7. The van der Waals surface area contributed by atoms with Gasteiger partial charge < -0.3 is 19.9 Å². The minimum absolute atomic E-state index is 0.101. The van der Waals surface area contributed by atoms with Crippen molar-refractivity contribution < 1.29 is 9.53 Å². The maximum Gasteiger partial charge on any atom is 0.315 e. The van der Waals surface area contributed by atoms with Gasteiger partial charge in [-0.1, -0.05) is 36.4 Å². The number of urea groups is 1. The van der Waals surface area contributed by atoms with Crippen molar-refractivity contribution in [2.75, 3.05) is 7.11 Å². The number of nitrogens with zero attached hydrogens (tertiary/aromatic N) is 2. The molecule has 2 aromatic carbocycles. The number of hydrogen-bond donors (Lipinski definition) is 2. The molecule has 6 nitrogen and oxygen atoms in total. The van der Waals surface area contributed by atoms with Gasteiger partial charge in [-0.2, -0.15) is 0 Å². The molecule has 0 saturated carbocycles. The zero-order valence-corrected chi connectivity index (χ0v) is 15.6. The molecule has 0 fully saturated rings. The first-order chi connectivity index (χ1) is 13.2. The van der Waals surface area contributed by atoms with Gasteiger partial charge in [0.15, 0.2) is 0 Å². The predicted molar refractivity (Wildman–Crippen MR) is 105 cm³/mol. The molecule has 27 heavy (non-hydrogen) atoms. The van der Waals surface area contributed by atoms with Crippen LogP contribution in [0.4, 0.5) is 4.79 Å². The molecule has 0 saturated heterocycles. The smallest absolute Gasteiger partial charge is 0.315 e. The Bertz CT molecular complexity index is 860. The first-order valence-electron chi connectivity index (χ1n) is 8.85. The van der Waals surface area contributed by atoms with Crippen LogP contribution in [0.1, 0.15) is 29.7 Å². The molecule has 0 bridgehead atoms. The zero-order chi connectivity index (χ0) is 19.1. The molecule has 6 heteroatoms. The van der Waals surface area contributed by atoms with Gasteiger partial charge in [0, 0.05) is 31.7 Å². The Kier molecular flexibility index (Phi) is 6.22. The number of imidazole rings is 1. The van der Waals surface area contributed by atoms with E-state index >= 15 is 0 Å². The van der Waals surface area contributed by atoms with E-state index in [9.17, 15) is 4.79 Å². The van der Waals surface area contributed by atoms with Gasteiger partial charge in [0.1, 0.15) is 0 Å². The minimum atomic E-state index is -0.201. The second-order valence-corrected chi connectivity index (χ2v) is 6.31. The van der Waals surface area contributed by atoms with E-state index in [0.29, 0.717) is 13.2 Å². The molecular weight excluding hydrogens is 340 g/mol. The fraction of sp³-hybridized carbons (Fsp3) is 0.238. The second-order valence-electron chi connectivity index (χ2n) is 6.31. The zero-order valence-electron chi connectivity index (χ0n) is 15.6. The number of carbonyl (C=O) groups is 1.